The molecule has 1 fully saturated rings. The Morgan fingerprint density at radius 3 is 2.73 bits per heavy atom. The van der Waals surface area contributed by atoms with Crippen molar-refractivity contribution in [2.24, 2.45) is 0 Å². The third kappa shape index (κ3) is 3.66. The summed E-state index contributed by atoms with van der Waals surface area (Å²) in [7, 11) is 1.80. The minimum atomic E-state index is 1.07. The van der Waals surface area contributed by atoms with Gasteiger partial charge in [0.15, 0.2) is 0 Å². The molecule has 1 heterocycles. The standard InChI is InChI=1S/C18H27BrN2O/c1-22-18-15(7-10-21-11-8-20-9-12-21)13-14-5-3-2-4-6-16(14)17(18)19/h13,20H,2-12H2,1H3. The summed E-state index contributed by atoms with van der Waals surface area (Å²) in [5, 5.41) is 3.42. The molecule has 0 spiro atoms. The van der Waals surface area contributed by atoms with Gasteiger partial charge in [0, 0.05) is 32.7 Å². The molecule has 3 rings (SSSR count). The van der Waals surface area contributed by atoms with E-state index in [2.05, 4.69) is 32.2 Å². The van der Waals surface area contributed by atoms with Crippen LogP contribution < -0.4 is 10.1 Å². The predicted octanol–water partition coefficient (Wildman–Crippen LogP) is 3.17. The molecule has 0 radical (unpaired) electrons. The molecule has 0 saturated carbocycles. The zero-order valence-electron chi connectivity index (χ0n) is 13.6. The van der Waals surface area contributed by atoms with Crippen LogP contribution in [-0.2, 0) is 19.3 Å². The van der Waals surface area contributed by atoms with Gasteiger partial charge in [-0.25, -0.2) is 0 Å². The highest BCUT2D eigenvalue weighted by molar-refractivity contribution is 9.10. The Hall–Kier alpha value is -0.580. The van der Waals surface area contributed by atoms with E-state index in [4.69, 9.17) is 4.74 Å². The van der Waals surface area contributed by atoms with E-state index < -0.39 is 0 Å². The van der Waals surface area contributed by atoms with Gasteiger partial charge in [-0.1, -0.05) is 12.5 Å². The molecule has 0 amide bonds. The molecule has 2 aliphatic rings. The van der Waals surface area contributed by atoms with Crippen LogP contribution in [0.5, 0.6) is 5.75 Å². The van der Waals surface area contributed by atoms with Crippen molar-refractivity contribution >= 4 is 15.9 Å². The van der Waals surface area contributed by atoms with Gasteiger partial charge < -0.3 is 15.0 Å². The number of hydrogen-bond donors (Lipinski definition) is 1. The minimum absolute atomic E-state index is 1.07. The number of hydrogen-bond acceptors (Lipinski definition) is 3. The first-order valence-electron chi connectivity index (χ1n) is 8.60. The normalized spacial score (nSPS) is 19.5. The summed E-state index contributed by atoms with van der Waals surface area (Å²) >= 11 is 3.83. The average Bonchev–Trinajstić information content (AvgIpc) is 2.79. The average molecular weight is 367 g/mol. The number of fused-ring (bicyclic) bond motifs is 1. The van der Waals surface area contributed by atoms with E-state index >= 15 is 0 Å². The highest BCUT2D eigenvalue weighted by Gasteiger charge is 2.19. The van der Waals surface area contributed by atoms with E-state index in [9.17, 15) is 0 Å². The Balaban J connectivity index is 1.79. The molecule has 0 aromatic heterocycles. The van der Waals surface area contributed by atoms with Gasteiger partial charge in [0.1, 0.15) is 5.75 Å². The maximum atomic E-state index is 5.75. The summed E-state index contributed by atoms with van der Waals surface area (Å²) in [4.78, 5) is 2.55. The number of ether oxygens (including phenoxy) is 1. The van der Waals surface area contributed by atoms with Crippen molar-refractivity contribution in [2.75, 3.05) is 39.8 Å². The number of aryl methyl sites for hydroxylation is 1. The summed E-state index contributed by atoms with van der Waals surface area (Å²) in [6.07, 6.45) is 7.45. The quantitative estimate of drug-likeness (QED) is 0.828. The second kappa shape index (κ2) is 7.80. The molecule has 3 nitrogen and oxygen atoms in total. The van der Waals surface area contributed by atoms with Gasteiger partial charge in [-0.15, -0.1) is 0 Å². The topological polar surface area (TPSA) is 24.5 Å². The molecule has 1 aliphatic carbocycles. The summed E-state index contributed by atoms with van der Waals surface area (Å²) in [5.41, 5.74) is 4.40. The molecule has 0 atom stereocenters. The number of piperazine rings is 1. The lowest BCUT2D eigenvalue weighted by Crippen LogP contribution is -2.44. The van der Waals surface area contributed by atoms with Crippen LogP contribution in [0.1, 0.15) is 36.0 Å². The molecule has 0 unspecified atom stereocenters. The summed E-state index contributed by atoms with van der Waals surface area (Å²) in [6.45, 7) is 5.68. The molecule has 1 saturated heterocycles. The van der Waals surface area contributed by atoms with Crippen molar-refractivity contribution in [3.8, 4) is 5.75 Å². The smallest absolute Gasteiger partial charge is 0.136 e. The summed E-state index contributed by atoms with van der Waals surface area (Å²) < 4.78 is 6.96. The number of nitrogens with one attached hydrogen (secondary N) is 1. The van der Waals surface area contributed by atoms with Gasteiger partial charge in [0.2, 0.25) is 0 Å². The lowest BCUT2D eigenvalue weighted by atomic mass is 9.97. The van der Waals surface area contributed by atoms with E-state index in [-0.39, 0.29) is 0 Å². The lowest BCUT2D eigenvalue weighted by molar-refractivity contribution is 0.243. The maximum absolute atomic E-state index is 5.75. The molecule has 1 aliphatic heterocycles. The molecule has 0 bridgehead atoms. The van der Waals surface area contributed by atoms with Crippen molar-refractivity contribution in [1.29, 1.82) is 0 Å². The van der Waals surface area contributed by atoms with E-state index in [0.717, 1.165) is 44.9 Å². The van der Waals surface area contributed by atoms with Crippen molar-refractivity contribution in [3.63, 3.8) is 0 Å². The monoisotopic (exact) mass is 366 g/mol. The first-order valence-corrected chi connectivity index (χ1v) is 9.39. The number of benzene rings is 1. The number of rotatable bonds is 4. The van der Waals surface area contributed by atoms with Crippen LogP contribution in [-0.4, -0.2) is 44.7 Å². The van der Waals surface area contributed by atoms with Gasteiger partial charge in [-0.2, -0.15) is 0 Å². The van der Waals surface area contributed by atoms with Gasteiger partial charge in [0.25, 0.3) is 0 Å². The van der Waals surface area contributed by atoms with Crippen molar-refractivity contribution in [1.82, 2.24) is 10.2 Å². The Kier molecular flexibility index (Phi) is 5.77. The largest absolute Gasteiger partial charge is 0.495 e. The van der Waals surface area contributed by atoms with Crippen LogP contribution in [0.3, 0.4) is 0 Å². The first kappa shape index (κ1) is 16.3. The Bertz CT molecular complexity index is 512. The second-order valence-electron chi connectivity index (χ2n) is 6.42. The molecule has 1 N–H and O–H groups in total. The van der Waals surface area contributed by atoms with E-state index in [1.165, 1.54) is 47.7 Å². The van der Waals surface area contributed by atoms with Gasteiger partial charge >= 0.3 is 0 Å². The maximum Gasteiger partial charge on any atom is 0.136 e. The Labute approximate surface area is 142 Å². The third-order valence-electron chi connectivity index (χ3n) is 4.98. The molecule has 1 aromatic rings. The third-order valence-corrected chi connectivity index (χ3v) is 5.81. The second-order valence-corrected chi connectivity index (χ2v) is 7.22. The highest BCUT2D eigenvalue weighted by Crippen LogP contribution is 2.38. The SMILES string of the molecule is COc1c(CCN2CCNCC2)cc2c(c1Br)CCCCC2. The van der Waals surface area contributed by atoms with Crippen LogP contribution in [0.15, 0.2) is 10.5 Å². The first-order chi connectivity index (χ1) is 10.8. The fraction of sp³-hybridized carbons (Fsp3) is 0.667. The van der Waals surface area contributed by atoms with Gasteiger partial charge in [-0.05, 0) is 64.7 Å². The van der Waals surface area contributed by atoms with Crippen LogP contribution in [0.4, 0.5) is 0 Å². The van der Waals surface area contributed by atoms with Gasteiger partial charge in [-0.3, -0.25) is 0 Å². The van der Waals surface area contributed by atoms with Crippen LogP contribution in [0.25, 0.3) is 0 Å². The van der Waals surface area contributed by atoms with Crippen molar-refractivity contribution in [2.45, 2.75) is 38.5 Å². The summed E-state index contributed by atoms with van der Waals surface area (Å²) in [5.74, 6) is 1.07. The molecule has 22 heavy (non-hydrogen) atoms. The molecule has 1 aromatic carbocycles. The fourth-order valence-corrected chi connectivity index (χ4v) is 4.56. The van der Waals surface area contributed by atoms with Gasteiger partial charge in [0.05, 0.1) is 11.6 Å². The number of nitrogens with zero attached hydrogens (tertiary/aromatic N) is 1. The van der Waals surface area contributed by atoms with Crippen LogP contribution >= 0.6 is 15.9 Å². The number of halogens is 1. The molecular formula is C18H27BrN2O. The Morgan fingerprint density at radius 2 is 1.95 bits per heavy atom. The van der Waals surface area contributed by atoms with E-state index in [0.29, 0.717) is 0 Å². The van der Waals surface area contributed by atoms with Crippen LogP contribution in [0, 0.1) is 0 Å². The Morgan fingerprint density at radius 1 is 1.18 bits per heavy atom. The summed E-state index contributed by atoms with van der Waals surface area (Å²) in [6, 6.07) is 2.42. The van der Waals surface area contributed by atoms with Crippen molar-refractivity contribution < 1.29 is 4.74 Å². The van der Waals surface area contributed by atoms with E-state index in [1.807, 2.05) is 0 Å². The predicted molar refractivity (Wildman–Crippen MR) is 95.0 cm³/mol. The molecule has 122 valence electrons. The minimum Gasteiger partial charge on any atom is -0.495 e. The van der Waals surface area contributed by atoms with Crippen LogP contribution in [0.2, 0.25) is 0 Å². The van der Waals surface area contributed by atoms with E-state index in [1.54, 1.807) is 12.7 Å². The highest BCUT2D eigenvalue weighted by atomic mass is 79.9. The lowest BCUT2D eigenvalue weighted by Gasteiger charge is -2.27. The molecule has 4 heteroatoms. The fourth-order valence-electron chi connectivity index (χ4n) is 3.69. The van der Waals surface area contributed by atoms with Crippen molar-refractivity contribution in [3.05, 3.63) is 27.2 Å². The zero-order valence-corrected chi connectivity index (χ0v) is 15.2. The zero-order chi connectivity index (χ0) is 15.4. The number of methoxy groups -OCH3 is 1. The molecular weight excluding hydrogens is 340 g/mol.